The second kappa shape index (κ2) is 7.89. The van der Waals surface area contributed by atoms with Gasteiger partial charge in [0.2, 0.25) is 0 Å². The predicted molar refractivity (Wildman–Crippen MR) is 110 cm³/mol. The highest BCUT2D eigenvalue weighted by atomic mass is 16.1. The van der Waals surface area contributed by atoms with E-state index in [4.69, 9.17) is 0 Å². The summed E-state index contributed by atoms with van der Waals surface area (Å²) in [6.07, 6.45) is 7.34. The maximum absolute atomic E-state index is 12.6. The van der Waals surface area contributed by atoms with Gasteiger partial charge in [-0.05, 0) is 94.4 Å². The molecule has 27 heavy (non-hydrogen) atoms. The van der Waals surface area contributed by atoms with Crippen LogP contribution >= 0.6 is 0 Å². The Bertz CT molecular complexity index is 806. The average Bonchev–Trinajstić information content (AvgIpc) is 3.29. The van der Waals surface area contributed by atoms with E-state index in [0.29, 0.717) is 6.04 Å². The van der Waals surface area contributed by atoms with E-state index in [9.17, 15) is 4.79 Å². The molecule has 0 saturated carbocycles. The van der Waals surface area contributed by atoms with Gasteiger partial charge in [-0.1, -0.05) is 6.92 Å². The van der Waals surface area contributed by atoms with Crippen molar-refractivity contribution in [1.29, 1.82) is 0 Å². The zero-order valence-electron chi connectivity index (χ0n) is 16.6. The maximum Gasteiger partial charge on any atom is 0.251 e. The molecular weight excluding hydrogens is 334 g/mol. The van der Waals surface area contributed by atoms with E-state index in [0.717, 1.165) is 31.6 Å². The Kier molecular flexibility index (Phi) is 5.35. The van der Waals surface area contributed by atoms with Crippen LogP contribution < -0.4 is 5.32 Å². The zero-order valence-corrected chi connectivity index (χ0v) is 16.6. The fourth-order valence-electron chi connectivity index (χ4n) is 4.83. The minimum absolute atomic E-state index is 0.0377. The molecule has 1 atom stereocenters. The van der Waals surface area contributed by atoms with Crippen LogP contribution in [0.3, 0.4) is 0 Å². The fraction of sp³-hybridized carbons (Fsp3) is 0.522. The quantitative estimate of drug-likeness (QED) is 0.873. The van der Waals surface area contributed by atoms with Gasteiger partial charge in [-0.3, -0.25) is 9.69 Å². The highest BCUT2D eigenvalue weighted by molar-refractivity contribution is 5.94. The summed E-state index contributed by atoms with van der Waals surface area (Å²) in [5.41, 5.74) is 6.16. The molecule has 1 fully saturated rings. The first-order chi connectivity index (χ1) is 13.2. The number of aromatic nitrogens is 1. The molecule has 1 aliphatic heterocycles. The van der Waals surface area contributed by atoms with Crippen LogP contribution in [0, 0.1) is 6.92 Å². The lowest BCUT2D eigenvalue weighted by Crippen LogP contribution is -2.40. The number of likely N-dealkylation sites (N-methyl/N-ethyl adjacent to an activating group) is 1. The van der Waals surface area contributed by atoms with Crippen molar-refractivity contribution >= 4 is 5.91 Å². The van der Waals surface area contributed by atoms with Gasteiger partial charge in [0, 0.05) is 35.2 Å². The second-order valence-corrected chi connectivity index (χ2v) is 7.98. The molecular formula is C23H31N3O. The maximum atomic E-state index is 12.6. The van der Waals surface area contributed by atoms with Gasteiger partial charge >= 0.3 is 0 Å². The lowest BCUT2D eigenvalue weighted by atomic mass is 9.98. The van der Waals surface area contributed by atoms with Crippen LogP contribution in [-0.2, 0) is 12.8 Å². The topological polar surface area (TPSA) is 37.3 Å². The van der Waals surface area contributed by atoms with E-state index in [1.165, 1.54) is 54.7 Å². The van der Waals surface area contributed by atoms with Gasteiger partial charge in [0.05, 0.1) is 0 Å². The van der Waals surface area contributed by atoms with Gasteiger partial charge in [-0.2, -0.15) is 0 Å². The number of rotatable bonds is 5. The van der Waals surface area contributed by atoms with Crippen molar-refractivity contribution in [2.24, 2.45) is 0 Å². The van der Waals surface area contributed by atoms with Crippen molar-refractivity contribution in [2.75, 3.05) is 19.6 Å². The monoisotopic (exact) mass is 365 g/mol. The minimum Gasteiger partial charge on any atom is -0.350 e. The lowest BCUT2D eigenvalue weighted by Gasteiger charge is -2.22. The van der Waals surface area contributed by atoms with Gasteiger partial charge in [0.25, 0.3) is 5.91 Å². The Balaban J connectivity index is 1.45. The summed E-state index contributed by atoms with van der Waals surface area (Å²) < 4.78 is 2.37. The molecule has 1 aliphatic carbocycles. The zero-order chi connectivity index (χ0) is 18.8. The average molecular weight is 366 g/mol. The first-order valence-electron chi connectivity index (χ1n) is 10.5. The van der Waals surface area contributed by atoms with Crippen LogP contribution in [0.1, 0.15) is 59.9 Å². The third kappa shape index (κ3) is 3.68. The standard InChI is InChI=1S/C23H31N3O/c1-3-25-14-6-8-21(25)16-24-23(27)18-10-12-20(13-11-18)26-17(2)15-19-7-4-5-9-22(19)26/h10-13,15,21H,3-9,14,16H2,1-2H3,(H,24,27). The molecule has 4 rings (SSSR count). The summed E-state index contributed by atoms with van der Waals surface area (Å²) in [6, 6.07) is 10.9. The summed E-state index contributed by atoms with van der Waals surface area (Å²) in [7, 11) is 0. The molecule has 1 aromatic heterocycles. The van der Waals surface area contributed by atoms with Crippen LogP contribution in [0.5, 0.6) is 0 Å². The number of carbonyl (C=O) groups is 1. The number of likely N-dealkylation sites (tertiary alicyclic amines) is 1. The smallest absolute Gasteiger partial charge is 0.251 e. The van der Waals surface area contributed by atoms with Gasteiger partial charge in [-0.25, -0.2) is 0 Å². The number of fused-ring (bicyclic) bond motifs is 1. The van der Waals surface area contributed by atoms with Crippen molar-refractivity contribution in [2.45, 2.75) is 58.4 Å². The summed E-state index contributed by atoms with van der Waals surface area (Å²) in [5, 5.41) is 3.13. The van der Waals surface area contributed by atoms with Gasteiger partial charge in [-0.15, -0.1) is 0 Å². The Morgan fingerprint density at radius 3 is 2.70 bits per heavy atom. The number of nitrogens with one attached hydrogen (secondary N) is 1. The van der Waals surface area contributed by atoms with Crippen molar-refractivity contribution in [3.8, 4) is 5.69 Å². The number of hydrogen-bond acceptors (Lipinski definition) is 2. The molecule has 1 saturated heterocycles. The summed E-state index contributed by atoms with van der Waals surface area (Å²) in [4.78, 5) is 15.0. The third-order valence-corrected chi connectivity index (χ3v) is 6.28. The van der Waals surface area contributed by atoms with Crippen LogP contribution in [0.25, 0.3) is 5.69 Å². The molecule has 2 aromatic rings. The van der Waals surface area contributed by atoms with Gasteiger partial charge in [0.15, 0.2) is 0 Å². The van der Waals surface area contributed by atoms with Crippen LogP contribution in [0.2, 0.25) is 0 Å². The normalized spacial score (nSPS) is 19.9. The number of benzene rings is 1. The molecule has 0 spiro atoms. The highest BCUT2D eigenvalue weighted by Gasteiger charge is 2.23. The first kappa shape index (κ1) is 18.3. The van der Waals surface area contributed by atoms with E-state index < -0.39 is 0 Å². The summed E-state index contributed by atoms with van der Waals surface area (Å²) in [5.74, 6) is 0.0377. The molecule has 0 radical (unpaired) electrons. The van der Waals surface area contributed by atoms with Crippen LogP contribution in [0.4, 0.5) is 0 Å². The number of amides is 1. The molecule has 1 unspecified atom stereocenters. The van der Waals surface area contributed by atoms with Gasteiger partial charge < -0.3 is 9.88 Å². The fourth-order valence-corrected chi connectivity index (χ4v) is 4.83. The second-order valence-electron chi connectivity index (χ2n) is 7.98. The number of aryl methyl sites for hydroxylation is 2. The molecule has 2 aliphatic rings. The first-order valence-corrected chi connectivity index (χ1v) is 10.5. The highest BCUT2D eigenvalue weighted by Crippen LogP contribution is 2.28. The van der Waals surface area contributed by atoms with E-state index in [-0.39, 0.29) is 5.91 Å². The SMILES string of the molecule is CCN1CCCC1CNC(=O)c1ccc(-n2c(C)cc3c2CCCC3)cc1. The van der Waals surface area contributed by atoms with Crippen molar-refractivity contribution in [1.82, 2.24) is 14.8 Å². The Hall–Kier alpha value is -2.07. The molecule has 1 N–H and O–H groups in total. The van der Waals surface area contributed by atoms with Crippen LogP contribution in [0.15, 0.2) is 30.3 Å². The lowest BCUT2D eigenvalue weighted by molar-refractivity contribution is 0.0941. The van der Waals surface area contributed by atoms with Crippen molar-refractivity contribution in [3.05, 3.63) is 52.8 Å². The minimum atomic E-state index is 0.0377. The molecule has 144 valence electrons. The Morgan fingerprint density at radius 1 is 1.15 bits per heavy atom. The molecule has 4 heteroatoms. The van der Waals surface area contributed by atoms with Crippen LogP contribution in [-0.4, -0.2) is 41.1 Å². The number of hydrogen-bond donors (Lipinski definition) is 1. The number of nitrogens with zero attached hydrogens (tertiary/aromatic N) is 2. The van der Waals surface area contributed by atoms with Crippen molar-refractivity contribution < 1.29 is 4.79 Å². The Labute approximate surface area is 162 Å². The predicted octanol–water partition coefficient (Wildman–Crippen LogP) is 3.88. The van der Waals surface area contributed by atoms with E-state index in [1.54, 1.807) is 0 Å². The Morgan fingerprint density at radius 2 is 1.93 bits per heavy atom. The third-order valence-electron chi connectivity index (χ3n) is 6.28. The van der Waals surface area contributed by atoms with E-state index in [2.05, 4.69) is 46.8 Å². The van der Waals surface area contributed by atoms with E-state index in [1.807, 2.05) is 12.1 Å². The molecule has 2 heterocycles. The van der Waals surface area contributed by atoms with Gasteiger partial charge in [0.1, 0.15) is 0 Å². The molecule has 1 amide bonds. The van der Waals surface area contributed by atoms with E-state index >= 15 is 0 Å². The summed E-state index contributed by atoms with van der Waals surface area (Å²) in [6.45, 7) is 7.35. The summed E-state index contributed by atoms with van der Waals surface area (Å²) >= 11 is 0. The number of carbonyl (C=O) groups excluding carboxylic acids is 1. The largest absolute Gasteiger partial charge is 0.350 e. The molecule has 1 aromatic carbocycles. The molecule has 4 nitrogen and oxygen atoms in total. The molecule has 0 bridgehead atoms. The van der Waals surface area contributed by atoms with Crippen molar-refractivity contribution in [3.63, 3.8) is 0 Å².